The maximum absolute atomic E-state index is 4.40. The van der Waals surface area contributed by atoms with E-state index in [4.69, 9.17) is 0 Å². The molecule has 0 unspecified atom stereocenters. The van der Waals surface area contributed by atoms with Crippen LogP contribution in [0.4, 0.5) is 0 Å². The third-order valence-corrected chi connectivity index (χ3v) is 2.22. The van der Waals surface area contributed by atoms with Gasteiger partial charge in [-0.3, -0.25) is 4.68 Å². The molecule has 14 heavy (non-hydrogen) atoms. The highest BCUT2D eigenvalue weighted by atomic mass is 15.3. The largest absolute Gasteiger partial charge is 0.311 e. The van der Waals surface area contributed by atoms with Crippen molar-refractivity contribution in [2.45, 2.75) is 40.3 Å². The highest BCUT2D eigenvalue weighted by molar-refractivity contribution is 4.98. The summed E-state index contributed by atoms with van der Waals surface area (Å²) in [5, 5.41) is 7.79. The zero-order chi connectivity index (χ0) is 10.4. The fraction of sp³-hybridized carbons (Fsp3) is 0.727. The van der Waals surface area contributed by atoms with Gasteiger partial charge in [0.1, 0.15) is 0 Å². The standard InChI is InChI=1S/C11H21N3/c1-4-14-8-6-11(13-14)9-12-7-5-10(2)3/h6,8,10,12H,4-5,7,9H2,1-3H3. The van der Waals surface area contributed by atoms with Gasteiger partial charge in [-0.15, -0.1) is 0 Å². The number of nitrogens with zero attached hydrogens (tertiary/aromatic N) is 2. The van der Waals surface area contributed by atoms with E-state index in [1.165, 1.54) is 6.42 Å². The second-order valence-corrected chi connectivity index (χ2v) is 4.02. The normalized spacial score (nSPS) is 11.1. The smallest absolute Gasteiger partial charge is 0.0762 e. The van der Waals surface area contributed by atoms with Crippen molar-refractivity contribution in [2.75, 3.05) is 6.54 Å². The first-order valence-corrected chi connectivity index (χ1v) is 5.45. The van der Waals surface area contributed by atoms with Gasteiger partial charge in [-0.2, -0.15) is 5.10 Å². The number of aromatic nitrogens is 2. The van der Waals surface area contributed by atoms with Gasteiger partial charge >= 0.3 is 0 Å². The molecule has 1 aromatic heterocycles. The lowest BCUT2D eigenvalue weighted by molar-refractivity contribution is 0.531. The summed E-state index contributed by atoms with van der Waals surface area (Å²) in [6.07, 6.45) is 3.26. The van der Waals surface area contributed by atoms with E-state index in [2.05, 4.69) is 37.3 Å². The van der Waals surface area contributed by atoms with Gasteiger partial charge < -0.3 is 5.32 Å². The van der Waals surface area contributed by atoms with Crippen molar-refractivity contribution in [1.29, 1.82) is 0 Å². The van der Waals surface area contributed by atoms with Crippen molar-refractivity contribution in [2.24, 2.45) is 5.92 Å². The summed E-state index contributed by atoms with van der Waals surface area (Å²) < 4.78 is 1.96. The van der Waals surface area contributed by atoms with Gasteiger partial charge in [0.25, 0.3) is 0 Å². The van der Waals surface area contributed by atoms with Gasteiger partial charge in [0.05, 0.1) is 5.69 Å². The molecule has 80 valence electrons. The molecule has 3 nitrogen and oxygen atoms in total. The molecule has 0 atom stereocenters. The minimum absolute atomic E-state index is 0.774. The third kappa shape index (κ3) is 3.92. The predicted molar refractivity (Wildman–Crippen MR) is 59.1 cm³/mol. The Balaban J connectivity index is 2.18. The minimum Gasteiger partial charge on any atom is -0.311 e. The molecule has 3 heteroatoms. The Labute approximate surface area is 86.5 Å². The van der Waals surface area contributed by atoms with E-state index in [1.807, 2.05) is 10.9 Å². The Morgan fingerprint density at radius 1 is 1.50 bits per heavy atom. The Kier molecular flexibility index (Phi) is 4.66. The zero-order valence-corrected chi connectivity index (χ0v) is 9.45. The predicted octanol–water partition coefficient (Wildman–Crippen LogP) is 2.04. The van der Waals surface area contributed by atoms with Gasteiger partial charge in [0.15, 0.2) is 0 Å². The maximum Gasteiger partial charge on any atom is 0.0762 e. The molecular formula is C11H21N3. The quantitative estimate of drug-likeness (QED) is 0.704. The summed E-state index contributed by atoms with van der Waals surface area (Å²) >= 11 is 0. The maximum atomic E-state index is 4.40. The number of rotatable bonds is 6. The molecule has 0 fully saturated rings. The lowest BCUT2D eigenvalue weighted by atomic mass is 10.1. The number of hydrogen-bond donors (Lipinski definition) is 1. The summed E-state index contributed by atoms with van der Waals surface area (Å²) in [5.74, 6) is 0.774. The average Bonchev–Trinajstić information content (AvgIpc) is 2.60. The molecule has 0 aromatic carbocycles. The Bertz CT molecular complexity index is 253. The highest BCUT2D eigenvalue weighted by Gasteiger charge is 1.97. The molecule has 0 amide bonds. The van der Waals surface area contributed by atoms with Crippen LogP contribution in [0.3, 0.4) is 0 Å². The van der Waals surface area contributed by atoms with Crippen molar-refractivity contribution >= 4 is 0 Å². The summed E-state index contributed by atoms with van der Waals surface area (Å²) in [6, 6.07) is 2.08. The first-order chi connectivity index (χ1) is 6.72. The van der Waals surface area contributed by atoms with E-state index in [-0.39, 0.29) is 0 Å². The van der Waals surface area contributed by atoms with E-state index in [0.717, 1.165) is 31.2 Å². The van der Waals surface area contributed by atoms with Crippen LogP contribution >= 0.6 is 0 Å². The molecule has 0 aliphatic rings. The van der Waals surface area contributed by atoms with Gasteiger partial charge in [0.2, 0.25) is 0 Å². The van der Waals surface area contributed by atoms with Gasteiger partial charge in [-0.1, -0.05) is 13.8 Å². The van der Waals surface area contributed by atoms with E-state index < -0.39 is 0 Å². The van der Waals surface area contributed by atoms with Crippen molar-refractivity contribution < 1.29 is 0 Å². The monoisotopic (exact) mass is 195 g/mol. The molecule has 1 aromatic rings. The molecule has 1 heterocycles. The topological polar surface area (TPSA) is 29.9 Å². The lowest BCUT2D eigenvalue weighted by Gasteiger charge is -2.04. The van der Waals surface area contributed by atoms with Crippen LogP contribution in [0.15, 0.2) is 12.3 Å². The average molecular weight is 195 g/mol. The van der Waals surface area contributed by atoms with Crippen molar-refractivity contribution in [3.8, 4) is 0 Å². The van der Waals surface area contributed by atoms with E-state index in [9.17, 15) is 0 Å². The molecule has 1 rings (SSSR count). The van der Waals surface area contributed by atoms with Crippen LogP contribution in [0.2, 0.25) is 0 Å². The SMILES string of the molecule is CCn1ccc(CNCCC(C)C)n1. The fourth-order valence-electron chi connectivity index (χ4n) is 1.28. The number of nitrogens with one attached hydrogen (secondary N) is 1. The first-order valence-electron chi connectivity index (χ1n) is 5.45. The first kappa shape index (κ1) is 11.2. The third-order valence-electron chi connectivity index (χ3n) is 2.22. The van der Waals surface area contributed by atoms with Crippen molar-refractivity contribution in [3.63, 3.8) is 0 Å². The zero-order valence-electron chi connectivity index (χ0n) is 9.45. The van der Waals surface area contributed by atoms with Crippen LogP contribution in [-0.4, -0.2) is 16.3 Å². The summed E-state index contributed by atoms with van der Waals surface area (Å²) in [4.78, 5) is 0. The van der Waals surface area contributed by atoms with Crippen LogP contribution in [0.1, 0.15) is 32.9 Å². The molecule has 0 bridgehead atoms. The van der Waals surface area contributed by atoms with E-state index in [1.54, 1.807) is 0 Å². The number of hydrogen-bond acceptors (Lipinski definition) is 2. The molecule has 0 saturated heterocycles. The highest BCUT2D eigenvalue weighted by Crippen LogP contribution is 1.98. The van der Waals surface area contributed by atoms with E-state index in [0.29, 0.717) is 0 Å². The van der Waals surface area contributed by atoms with E-state index >= 15 is 0 Å². The Hall–Kier alpha value is -0.830. The summed E-state index contributed by atoms with van der Waals surface area (Å²) in [6.45, 7) is 9.51. The van der Waals surface area contributed by atoms with Crippen LogP contribution < -0.4 is 5.32 Å². The molecule has 1 N–H and O–H groups in total. The number of aryl methyl sites for hydroxylation is 1. The Morgan fingerprint density at radius 3 is 2.86 bits per heavy atom. The second-order valence-electron chi connectivity index (χ2n) is 4.02. The van der Waals surface area contributed by atoms with Crippen molar-refractivity contribution in [3.05, 3.63) is 18.0 Å². The molecular weight excluding hydrogens is 174 g/mol. The summed E-state index contributed by atoms with van der Waals surface area (Å²) in [7, 11) is 0. The lowest BCUT2D eigenvalue weighted by Crippen LogP contribution is -2.16. The van der Waals surface area contributed by atoms with Crippen LogP contribution in [0.25, 0.3) is 0 Å². The molecule has 0 radical (unpaired) electrons. The van der Waals surface area contributed by atoms with Crippen LogP contribution in [-0.2, 0) is 13.1 Å². The Morgan fingerprint density at radius 2 is 2.29 bits per heavy atom. The van der Waals surface area contributed by atoms with Gasteiger partial charge in [-0.25, -0.2) is 0 Å². The van der Waals surface area contributed by atoms with Gasteiger partial charge in [0, 0.05) is 19.3 Å². The van der Waals surface area contributed by atoms with Crippen LogP contribution in [0.5, 0.6) is 0 Å². The summed E-state index contributed by atoms with van der Waals surface area (Å²) in [5.41, 5.74) is 1.13. The van der Waals surface area contributed by atoms with Crippen molar-refractivity contribution in [1.82, 2.24) is 15.1 Å². The van der Waals surface area contributed by atoms with Gasteiger partial charge in [-0.05, 0) is 31.9 Å². The molecule has 0 spiro atoms. The second kappa shape index (κ2) is 5.81. The van der Waals surface area contributed by atoms with Crippen LogP contribution in [0, 0.1) is 5.92 Å². The molecule has 0 saturated carbocycles. The minimum atomic E-state index is 0.774. The fourth-order valence-corrected chi connectivity index (χ4v) is 1.28. The molecule has 0 aliphatic carbocycles. The molecule has 0 aliphatic heterocycles.